The van der Waals surface area contributed by atoms with Gasteiger partial charge >= 0.3 is 0 Å². The van der Waals surface area contributed by atoms with Gasteiger partial charge in [0.25, 0.3) is 0 Å². The van der Waals surface area contributed by atoms with Crippen molar-refractivity contribution >= 4 is 22.5 Å². The van der Waals surface area contributed by atoms with Crippen LogP contribution >= 0.6 is 0 Å². The Hall–Kier alpha value is -3.73. The van der Waals surface area contributed by atoms with Crippen molar-refractivity contribution in [2.24, 2.45) is 0 Å². The number of hydrogen-bond donors (Lipinski definition) is 4. The number of nitrogens with one attached hydrogen (secondary N) is 2. The number of fused-ring (bicyclic) bond motifs is 1. The molecule has 0 saturated carbocycles. The molecule has 28 heavy (non-hydrogen) atoms. The zero-order valence-corrected chi connectivity index (χ0v) is 15.1. The number of carbonyl (C=O) groups excluding carboxylic acids is 1. The molecule has 0 radical (unpaired) electrons. The van der Waals surface area contributed by atoms with E-state index in [1.165, 1.54) is 12.1 Å². The molecular weight excluding hydrogens is 352 g/mol. The van der Waals surface area contributed by atoms with E-state index in [0.717, 1.165) is 33.4 Å². The highest BCUT2D eigenvalue weighted by Crippen LogP contribution is 2.30. The number of carbonyl (C=O) groups is 1. The van der Waals surface area contributed by atoms with E-state index in [0.29, 0.717) is 6.42 Å². The van der Waals surface area contributed by atoms with Crippen LogP contribution in [-0.2, 0) is 11.2 Å². The summed E-state index contributed by atoms with van der Waals surface area (Å²) < 4.78 is 0. The van der Waals surface area contributed by atoms with E-state index in [1.54, 1.807) is 6.07 Å². The molecule has 0 atom stereocenters. The smallest absolute Gasteiger partial charge is 0.224 e. The average molecular weight is 372 g/mol. The Morgan fingerprint density at radius 1 is 0.893 bits per heavy atom. The molecule has 0 bridgehead atoms. The standard InChI is InChI=1S/C23H20N2O3/c26-21-11-9-15(13-22(21)27)10-12-23(28)25-19-8-4-2-6-17(19)20-14-16-5-1-3-7-18(16)24-20/h1-9,11,13-14,24,26-27H,10,12H2,(H,25,28). The van der Waals surface area contributed by atoms with E-state index in [4.69, 9.17) is 0 Å². The first kappa shape index (κ1) is 17.7. The van der Waals surface area contributed by atoms with Gasteiger partial charge < -0.3 is 20.5 Å². The molecule has 0 saturated heterocycles. The molecule has 4 rings (SSSR count). The normalized spacial score (nSPS) is 10.9. The summed E-state index contributed by atoms with van der Waals surface area (Å²) in [7, 11) is 0. The number of para-hydroxylation sites is 2. The summed E-state index contributed by atoms with van der Waals surface area (Å²) in [6.07, 6.45) is 0.736. The van der Waals surface area contributed by atoms with Crippen LogP contribution < -0.4 is 5.32 Å². The molecule has 0 aliphatic heterocycles. The molecule has 0 fully saturated rings. The van der Waals surface area contributed by atoms with Crippen LogP contribution in [0.25, 0.3) is 22.2 Å². The van der Waals surface area contributed by atoms with Gasteiger partial charge in [0, 0.05) is 28.6 Å². The predicted octanol–water partition coefficient (Wildman–Crippen LogP) is 4.82. The largest absolute Gasteiger partial charge is 0.504 e. The average Bonchev–Trinajstić information content (AvgIpc) is 3.13. The molecule has 1 amide bonds. The summed E-state index contributed by atoms with van der Waals surface area (Å²) in [5.41, 5.74) is 4.45. The fourth-order valence-electron chi connectivity index (χ4n) is 3.24. The highest BCUT2D eigenvalue weighted by Gasteiger charge is 2.11. The van der Waals surface area contributed by atoms with Gasteiger partial charge in [0.1, 0.15) is 0 Å². The third-order valence-corrected chi connectivity index (χ3v) is 4.70. The zero-order valence-electron chi connectivity index (χ0n) is 15.1. The van der Waals surface area contributed by atoms with Crippen LogP contribution in [0.2, 0.25) is 0 Å². The number of phenolic OH excluding ortho intramolecular Hbond substituents is 2. The number of anilines is 1. The second-order valence-corrected chi connectivity index (χ2v) is 6.69. The topological polar surface area (TPSA) is 85.3 Å². The van der Waals surface area contributed by atoms with Crippen LogP contribution in [0.1, 0.15) is 12.0 Å². The molecule has 5 heteroatoms. The number of benzene rings is 3. The van der Waals surface area contributed by atoms with Crippen LogP contribution in [0, 0.1) is 0 Å². The lowest BCUT2D eigenvalue weighted by Gasteiger charge is -2.10. The monoisotopic (exact) mass is 372 g/mol. The molecule has 5 nitrogen and oxygen atoms in total. The number of H-pyrrole nitrogens is 1. The minimum absolute atomic E-state index is 0.115. The Morgan fingerprint density at radius 2 is 1.68 bits per heavy atom. The van der Waals surface area contributed by atoms with Crippen molar-refractivity contribution < 1.29 is 15.0 Å². The summed E-state index contributed by atoms with van der Waals surface area (Å²) in [5.74, 6) is -0.460. The zero-order chi connectivity index (χ0) is 19.5. The number of hydrogen-bond acceptors (Lipinski definition) is 3. The van der Waals surface area contributed by atoms with Gasteiger partial charge in [-0.2, -0.15) is 0 Å². The van der Waals surface area contributed by atoms with E-state index >= 15 is 0 Å². The maximum absolute atomic E-state index is 12.5. The number of amides is 1. The SMILES string of the molecule is O=C(CCc1ccc(O)c(O)c1)Nc1ccccc1-c1cc2ccccc2[nH]1. The van der Waals surface area contributed by atoms with Crippen molar-refractivity contribution in [3.63, 3.8) is 0 Å². The Balaban J connectivity index is 1.50. The Bertz CT molecular complexity index is 1110. The number of phenols is 2. The van der Waals surface area contributed by atoms with Gasteiger partial charge in [-0.15, -0.1) is 0 Å². The minimum Gasteiger partial charge on any atom is -0.504 e. The summed E-state index contributed by atoms with van der Waals surface area (Å²) in [6.45, 7) is 0. The molecule has 4 N–H and O–H groups in total. The van der Waals surface area contributed by atoms with E-state index in [9.17, 15) is 15.0 Å². The second kappa shape index (κ2) is 7.48. The van der Waals surface area contributed by atoms with Gasteiger partial charge in [0.05, 0.1) is 5.69 Å². The quantitative estimate of drug-likeness (QED) is 0.379. The second-order valence-electron chi connectivity index (χ2n) is 6.69. The van der Waals surface area contributed by atoms with Crippen LogP contribution in [-0.4, -0.2) is 21.1 Å². The van der Waals surface area contributed by atoms with Gasteiger partial charge in [-0.3, -0.25) is 4.79 Å². The van der Waals surface area contributed by atoms with Crippen LogP contribution in [0.15, 0.2) is 72.8 Å². The third-order valence-electron chi connectivity index (χ3n) is 4.70. The van der Waals surface area contributed by atoms with Gasteiger partial charge in [-0.05, 0) is 42.3 Å². The highest BCUT2D eigenvalue weighted by atomic mass is 16.3. The number of aromatic amines is 1. The molecule has 0 unspecified atom stereocenters. The van der Waals surface area contributed by atoms with Crippen molar-refractivity contribution in [2.45, 2.75) is 12.8 Å². The van der Waals surface area contributed by atoms with Crippen LogP contribution in [0.4, 0.5) is 5.69 Å². The fourth-order valence-corrected chi connectivity index (χ4v) is 3.24. The lowest BCUT2D eigenvalue weighted by molar-refractivity contribution is -0.116. The number of rotatable bonds is 5. The van der Waals surface area contributed by atoms with Crippen molar-refractivity contribution in [3.8, 4) is 22.8 Å². The highest BCUT2D eigenvalue weighted by molar-refractivity contribution is 5.96. The first-order valence-electron chi connectivity index (χ1n) is 9.08. The summed E-state index contributed by atoms with van der Waals surface area (Å²) in [4.78, 5) is 15.9. The molecular formula is C23H20N2O3. The van der Waals surface area contributed by atoms with E-state index in [2.05, 4.69) is 16.4 Å². The third kappa shape index (κ3) is 3.69. The Morgan fingerprint density at radius 3 is 2.50 bits per heavy atom. The van der Waals surface area contributed by atoms with Crippen LogP contribution in [0.5, 0.6) is 11.5 Å². The van der Waals surface area contributed by atoms with Gasteiger partial charge in [0.2, 0.25) is 5.91 Å². The molecule has 0 spiro atoms. The summed E-state index contributed by atoms with van der Waals surface area (Å²) in [5, 5.41) is 23.0. The fraction of sp³-hybridized carbons (Fsp3) is 0.0870. The lowest BCUT2D eigenvalue weighted by atomic mass is 10.1. The van der Waals surface area contributed by atoms with E-state index in [1.807, 2.05) is 48.5 Å². The number of aromatic hydroxyl groups is 2. The number of aromatic nitrogens is 1. The summed E-state index contributed by atoms with van der Waals surface area (Å²) >= 11 is 0. The summed E-state index contributed by atoms with van der Waals surface area (Å²) in [6, 6.07) is 22.4. The van der Waals surface area contributed by atoms with Gasteiger partial charge in [-0.1, -0.05) is 42.5 Å². The first-order chi connectivity index (χ1) is 13.6. The van der Waals surface area contributed by atoms with E-state index < -0.39 is 0 Å². The maximum Gasteiger partial charge on any atom is 0.224 e. The molecule has 4 aromatic rings. The molecule has 0 aliphatic carbocycles. The van der Waals surface area contributed by atoms with Crippen LogP contribution in [0.3, 0.4) is 0 Å². The first-order valence-corrected chi connectivity index (χ1v) is 9.08. The maximum atomic E-state index is 12.5. The van der Waals surface area contributed by atoms with Gasteiger partial charge in [0.15, 0.2) is 11.5 Å². The number of aryl methyl sites for hydroxylation is 1. The molecule has 3 aromatic carbocycles. The predicted molar refractivity (Wildman–Crippen MR) is 110 cm³/mol. The van der Waals surface area contributed by atoms with Gasteiger partial charge in [-0.25, -0.2) is 0 Å². The van der Waals surface area contributed by atoms with Crippen molar-refractivity contribution in [1.29, 1.82) is 0 Å². The molecule has 1 heterocycles. The minimum atomic E-state index is -0.179. The molecule has 0 aliphatic rings. The molecule has 140 valence electrons. The lowest BCUT2D eigenvalue weighted by Crippen LogP contribution is -2.13. The molecule has 1 aromatic heterocycles. The van der Waals surface area contributed by atoms with Crippen molar-refractivity contribution in [3.05, 3.63) is 78.4 Å². The Kier molecular flexibility index (Phi) is 4.72. The Labute approximate surface area is 162 Å². The van der Waals surface area contributed by atoms with Crippen molar-refractivity contribution in [2.75, 3.05) is 5.32 Å². The van der Waals surface area contributed by atoms with E-state index in [-0.39, 0.29) is 23.8 Å². The van der Waals surface area contributed by atoms with Crippen molar-refractivity contribution in [1.82, 2.24) is 4.98 Å².